The highest BCUT2D eigenvalue weighted by Crippen LogP contribution is 2.23. The summed E-state index contributed by atoms with van der Waals surface area (Å²) in [6.07, 6.45) is 1.57. The zero-order valence-corrected chi connectivity index (χ0v) is 10.8. The van der Waals surface area contributed by atoms with Crippen LogP contribution in [0.25, 0.3) is 22.6 Å². The first-order chi connectivity index (χ1) is 9.20. The van der Waals surface area contributed by atoms with Crippen LogP contribution in [0.1, 0.15) is 0 Å². The highest BCUT2D eigenvalue weighted by atomic mass is 16.5. The summed E-state index contributed by atoms with van der Waals surface area (Å²) in [6, 6.07) is 11.7. The van der Waals surface area contributed by atoms with Crippen molar-refractivity contribution in [3.05, 3.63) is 42.6 Å². The average Bonchev–Trinajstić information content (AvgIpc) is 2.78. The third-order valence-corrected chi connectivity index (χ3v) is 3.25. The van der Waals surface area contributed by atoms with Gasteiger partial charge in [0, 0.05) is 25.3 Å². The van der Waals surface area contributed by atoms with Gasteiger partial charge in [-0.05, 0) is 46.1 Å². The summed E-state index contributed by atoms with van der Waals surface area (Å²) in [4.78, 5) is 4.49. The van der Waals surface area contributed by atoms with Crippen LogP contribution in [-0.2, 0) is 7.05 Å². The van der Waals surface area contributed by atoms with E-state index in [0.717, 1.165) is 27.3 Å². The van der Waals surface area contributed by atoms with E-state index in [4.69, 9.17) is 0 Å². The van der Waals surface area contributed by atoms with Gasteiger partial charge in [0.15, 0.2) is 0 Å². The maximum atomic E-state index is 9.77. The number of imidazole rings is 1. The van der Waals surface area contributed by atoms with Gasteiger partial charge in [-0.3, -0.25) is 0 Å². The van der Waals surface area contributed by atoms with Crippen LogP contribution in [-0.4, -0.2) is 21.8 Å². The molecule has 2 N–H and O–H groups in total. The van der Waals surface area contributed by atoms with Gasteiger partial charge in [0.2, 0.25) is 0 Å². The molecule has 0 aliphatic carbocycles. The Labute approximate surface area is 110 Å². The molecule has 3 aromatic rings. The second-order valence-corrected chi connectivity index (χ2v) is 4.38. The van der Waals surface area contributed by atoms with E-state index in [1.54, 1.807) is 12.3 Å². The number of aromatic nitrogens is 3. The van der Waals surface area contributed by atoms with Gasteiger partial charge in [0.25, 0.3) is 5.82 Å². The summed E-state index contributed by atoms with van der Waals surface area (Å²) >= 11 is 0. The number of nitrogens with one attached hydrogen (secondary N) is 1. The van der Waals surface area contributed by atoms with Gasteiger partial charge in [0.05, 0.1) is 0 Å². The van der Waals surface area contributed by atoms with Crippen molar-refractivity contribution in [1.82, 2.24) is 9.55 Å². The molecule has 96 valence electrons. The Morgan fingerprint density at radius 3 is 2.58 bits per heavy atom. The summed E-state index contributed by atoms with van der Waals surface area (Å²) < 4.78 is 3.01. The highest BCUT2D eigenvalue weighted by molar-refractivity contribution is 5.75. The Bertz CT molecular complexity index is 731. The standard InChI is InChI=1S/C14H14N4O/c1-15-11-7-5-10(6-8-11)13-16-14-12(17(13)2)4-3-9-18(14)19/h3-9,19H,1-2H3/p+1. The summed E-state index contributed by atoms with van der Waals surface area (Å²) in [7, 11) is 3.83. The fourth-order valence-electron chi connectivity index (χ4n) is 2.18. The monoisotopic (exact) mass is 255 g/mol. The summed E-state index contributed by atoms with van der Waals surface area (Å²) in [5, 5.41) is 12.9. The lowest BCUT2D eigenvalue weighted by Gasteiger charge is -2.01. The van der Waals surface area contributed by atoms with Crippen LogP contribution in [0.3, 0.4) is 0 Å². The van der Waals surface area contributed by atoms with Crippen LogP contribution in [0.2, 0.25) is 0 Å². The molecule has 19 heavy (non-hydrogen) atoms. The molecule has 0 atom stereocenters. The van der Waals surface area contributed by atoms with Gasteiger partial charge < -0.3 is 15.1 Å². The number of pyridine rings is 1. The van der Waals surface area contributed by atoms with Gasteiger partial charge in [-0.15, -0.1) is 0 Å². The molecule has 0 radical (unpaired) electrons. The number of aryl methyl sites for hydroxylation is 1. The van der Waals surface area contributed by atoms with Crippen molar-refractivity contribution in [3.63, 3.8) is 0 Å². The summed E-state index contributed by atoms with van der Waals surface area (Å²) in [5.74, 6) is 0.826. The van der Waals surface area contributed by atoms with Crippen molar-refractivity contribution in [2.45, 2.75) is 0 Å². The van der Waals surface area contributed by atoms with Gasteiger partial charge in [-0.1, -0.05) is 0 Å². The van der Waals surface area contributed by atoms with Crippen molar-refractivity contribution in [3.8, 4) is 11.4 Å². The van der Waals surface area contributed by atoms with Crippen molar-refractivity contribution in [1.29, 1.82) is 0 Å². The number of rotatable bonds is 2. The minimum absolute atomic E-state index is 0.553. The number of hydrogen-bond acceptors (Lipinski definition) is 3. The normalized spacial score (nSPS) is 10.8. The second kappa shape index (κ2) is 4.28. The van der Waals surface area contributed by atoms with E-state index in [1.165, 1.54) is 0 Å². The van der Waals surface area contributed by atoms with E-state index in [-0.39, 0.29) is 0 Å². The predicted octanol–water partition coefficient (Wildman–Crippen LogP) is 1.81. The average molecular weight is 255 g/mol. The van der Waals surface area contributed by atoms with Crippen LogP contribution in [0.4, 0.5) is 5.69 Å². The lowest BCUT2D eigenvalue weighted by atomic mass is 10.2. The minimum atomic E-state index is 0.553. The number of fused-ring (bicyclic) bond motifs is 1. The van der Waals surface area contributed by atoms with E-state index < -0.39 is 0 Å². The van der Waals surface area contributed by atoms with E-state index in [0.29, 0.717) is 5.65 Å². The minimum Gasteiger partial charge on any atom is -0.388 e. The summed E-state index contributed by atoms with van der Waals surface area (Å²) in [6.45, 7) is 0. The van der Waals surface area contributed by atoms with Gasteiger partial charge >= 0.3 is 5.65 Å². The van der Waals surface area contributed by atoms with Gasteiger partial charge in [0.1, 0.15) is 11.7 Å². The molecule has 2 heterocycles. The maximum absolute atomic E-state index is 9.77. The Morgan fingerprint density at radius 2 is 1.95 bits per heavy atom. The highest BCUT2D eigenvalue weighted by Gasteiger charge is 2.20. The SMILES string of the molecule is CNc1ccc(-c2nc3c(ccc[n+]3O)n2C)cc1. The third kappa shape index (κ3) is 1.79. The number of anilines is 1. The first-order valence-corrected chi connectivity index (χ1v) is 6.05. The van der Waals surface area contributed by atoms with E-state index in [1.807, 2.05) is 49.0 Å². The molecule has 0 saturated carbocycles. The molecule has 0 spiro atoms. The molecule has 0 amide bonds. The quantitative estimate of drug-likeness (QED) is 0.542. The molecule has 5 nitrogen and oxygen atoms in total. The predicted molar refractivity (Wildman–Crippen MR) is 73.1 cm³/mol. The molecule has 2 aromatic heterocycles. The molecule has 0 saturated heterocycles. The van der Waals surface area contributed by atoms with Crippen molar-refractivity contribution >= 4 is 16.9 Å². The largest absolute Gasteiger partial charge is 0.388 e. The van der Waals surface area contributed by atoms with Crippen LogP contribution < -0.4 is 10.0 Å². The van der Waals surface area contributed by atoms with Gasteiger partial charge in [-0.2, -0.15) is 0 Å². The first-order valence-electron chi connectivity index (χ1n) is 6.05. The molecule has 5 heteroatoms. The van der Waals surface area contributed by atoms with Crippen LogP contribution in [0.15, 0.2) is 42.6 Å². The van der Waals surface area contributed by atoms with Crippen molar-refractivity contribution in [2.24, 2.45) is 7.05 Å². The molecular formula is C14H15N4O+. The third-order valence-electron chi connectivity index (χ3n) is 3.25. The lowest BCUT2D eigenvalue weighted by molar-refractivity contribution is -0.885. The fraction of sp³-hybridized carbons (Fsp3) is 0.143. The smallest absolute Gasteiger partial charge is 0.387 e. The topological polar surface area (TPSA) is 54.0 Å². The zero-order chi connectivity index (χ0) is 13.4. The van der Waals surface area contributed by atoms with Crippen LogP contribution in [0, 0.1) is 0 Å². The molecule has 0 unspecified atom stereocenters. The number of benzene rings is 1. The molecule has 0 fully saturated rings. The molecule has 3 rings (SSSR count). The summed E-state index contributed by atoms with van der Waals surface area (Å²) in [5.41, 5.74) is 3.51. The van der Waals surface area contributed by atoms with E-state index >= 15 is 0 Å². The van der Waals surface area contributed by atoms with Crippen molar-refractivity contribution in [2.75, 3.05) is 12.4 Å². The number of hydrogen-bond donors (Lipinski definition) is 2. The van der Waals surface area contributed by atoms with Gasteiger partial charge in [-0.25, -0.2) is 0 Å². The van der Waals surface area contributed by atoms with Crippen LogP contribution >= 0.6 is 0 Å². The molecule has 1 aromatic carbocycles. The van der Waals surface area contributed by atoms with Crippen LogP contribution in [0.5, 0.6) is 0 Å². The molecule has 0 aliphatic heterocycles. The van der Waals surface area contributed by atoms with E-state index in [9.17, 15) is 5.21 Å². The molecular weight excluding hydrogens is 240 g/mol. The fourth-order valence-corrected chi connectivity index (χ4v) is 2.18. The maximum Gasteiger partial charge on any atom is 0.387 e. The molecule has 0 bridgehead atoms. The first kappa shape index (κ1) is 11.5. The Balaban J connectivity index is 2.19. The Hall–Kier alpha value is -2.56. The second-order valence-electron chi connectivity index (χ2n) is 4.38. The lowest BCUT2D eigenvalue weighted by Crippen LogP contribution is -2.30. The van der Waals surface area contributed by atoms with Crippen molar-refractivity contribution < 1.29 is 9.94 Å². The Kier molecular flexibility index (Phi) is 2.59. The van der Waals surface area contributed by atoms with E-state index in [2.05, 4.69) is 10.3 Å². The zero-order valence-electron chi connectivity index (χ0n) is 10.8. The Morgan fingerprint density at radius 1 is 1.21 bits per heavy atom. The number of nitrogens with zero attached hydrogens (tertiary/aromatic N) is 3. The molecule has 0 aliphatic rings.